The Morgan fingerprint density at radius 2 is 1.96 bits per heavy atom. The van der Waals surface area contributed by atoms with Gasteiger partial charge in [-0.3, -0.25) is 4.79 Å². The Hall–Kier alpha value is -2.44. The first-order chi connectivity index (χ1) is 13.2. The van der Waals surface area contributed by atoms with Crippen LogP contribution < -0.4 is 10.6 Å². The number of hydrogen-bond donors (Lipinski definition) is 1. The average Bonchev–Trinajstić information content (AvgIpc) is 2.74. The Bertz CT molecular complexity index is 713. The molecule has 1 saturated heterocycles. The molecule has 1 aliphatic rings. The van der Waals surface area contributed by atoms with Crippen LogP contribution in [0.2, 0.25) is 0 Å². The summed E-state index contributed by atoms with van der Waals surface area (Å²) in [5.41, 5.74) is 7.17. The molecule has 0 saturated carbocycles. The van der Waals surface area contributed by atoms with Gasteiger partial charge in [-0.25, -0.2) is 4.98 Å². The normalized spacial score (nSPS) is 15.0. The highest BCUT2D eigenvalue weighted by atomic mass is 16.5. The quantitative estimate of drug-likeness (QED) is 0.761. The summed E-state index contributed by atoms with van der Waals surface area (Å²) < 4.78 is 5.81. The van der Waals surface area contributed by atoms with Crippen molar-refractivity contribution < 1.29 is 9.53 Å². The summed E-state index contributed by atoms with van der Waals surface area (Å²) in [6.45, 7) is 2.80. The maximum Gasteiger partial charge on any atom is 0.255 e. The van der Waals surface area contributed by atoms with Crippen LogP contribution in [0.4, 0.5) is 11.5 Å². The number of pyridine rings is 1. The Morgan fingerprint density at radius 3 is 2.59 bits per heavy atom. The number of benzene rings is 1. The fraction of sp³-hybridized carbons (Fsp3) is 0.429. The number of piperidine rings is 1. The van der Waals surface area contributed by atoms with Crippen LogP contribution in [0.25, 0.3) is 0 Å². The Morgan fingerprint density at radius 1 is 1.22 bits per heavy atom. The van der Waals surface area contributed by atoms with Crippen LogP contribution in [0, 0.1) is 0 Å². The summed E-state index contributed by atoms with van der Waals surface area (Å²) in [5, 5.41) is 0. The molecule has 6 nitrogen and oxygen atoms in total. The molecule has 1 aromatic carbocycles. The van der Waals surface area contributed by atoms with E-state index in [-0.39, 0.29) is 12.0 Å². The number of para-hydroxylation sites is 1. The summed E-state index contributed by atoms with van der Waals surface area (Å²) >= 11 is 0. The highest BCUT2D eigenvalue weighted by Gasteiger charge is 2.24. The van der Waals surface area contributed by atoms with Crippen molar-refractivity contribution in [2.24, 2.45) is 5.73 Å². The lowest BCUT2D eigenvalue weighted by molar-refractivity contribution is 0.00844. The zero-order valence-corrected chi connectivity index (χ0v) is 15.9. The topological polar surface area (TPSA) is 71.7 Å². The van der Waals surface area contributed by atoms with E-state index in [1.54, 1.807) is 6.20 Å². The molecule has 0 bridgehead atoms. The van der Waals surface area contributed by atoms with Gasteiger partial charge in [-0.1, -0.05) is 18.2 Å². The highest BCUT2D eigenvalue weighted by molar-refractivity contribution is 5.94. The molecule has 27 heavy (non-hydrogen) atoms. The number of carbonyl (C=O) groups excluding carboxylic acids is 1. The predicted octanol–water partition coefficient (Wildman–Crippen LogP) is 2.82. The van der Waals surface area contributed by atoms with E-state index in [9.17, 15) is 4.79 Å². The summed E-state index contributed by atoms with van der Waals surface area (Å²) in [6.07, 6.45) is 4.53. The minimum atomic E-state index is 0.0387. The van der Waals surface area contributed by atoms with Gasteiger partial charge in [0.2, 0.25) is 0 Å². The van der Waals surface area contributed by atoms with Crippen molar-refractivity contribution in [2.75, 3.05) is 38.2 Å². The number of rotatable bonds is 7. The molecule has 0 unspecified atom stereocenters. The number of carbonyl (C=O) groups is 1. The van der Waals surface area contributed by atoms with Crippen molar-refractivity contribution in [3.63, 3.8) is 0 Å². The smallest absolute Gasteiger partial charge is 0.255 e. The molecule has 2 aromatic rings. The second-order valence-corrected chi connectivity index (χ2v) is 6.80. The van der Waals surface area contributed by atoms with Gasteiger partial charge < -0.3 is 20.3 Å². The first-order valence-electron chi connectivity index (χ1n) is 9.55. The van der Waals surface area contributed by atoms with Crippen LogP contribution in [0.3, 0.4) is 0 Å². The van der Waals surface area contributed by atoms with Gasteiger partial charge in [0.15, 0.2) is 0 Å². The van der Waals surface area contributed by atoms with E-state index in [0.717, 1.165) is 43.9 Å². The largest absolute Gasteiger partial charge is 0.378 e. The van der Waals surface area contributed by atoms with E-state index in [1.807, 2.05) is 59.3 Å². The number of aromatic nitrogens is 1. The molecule has 0 atom stereocenters. The molecule has 0 aliphatic carbocycles. The van der Waals surface area contributed by atoms with Gasteiger partial charge in [-0.2, -0.15) is 0 Å². The van der Waals surface area contributed by atoms with E-state index >= 15 is 0 Å². The number of amides is 1. The van der Waals surface area contributed by atoms with Gasteiger partial charge in [0.05, 0.1) is 11.7 Å². The van der Waals surface area contributed by atoms with E-state index in [0.29, 0.717) is 18.7 Å². The first kappa shape index (κ1) is 19.3. The molecule has 1 fully saturated rings. The highest BCUT2D eigenvalue weighted by Crippen LogP contribution is 2.22. The second-order valence-electron chi connectivity index (χ2n) is 6.80. The van der Waals surface area contributed by atoms with E-state index in [1.165, 1.54) is 0 Å². The molecule has 0 radical (unpaired) electrons. The fourth-order valence-corrected chi connectivity index (χ4v) is 3.24. The van der Waals surface area contributed by atoms with Crippen molar-refractivity contribution in [3.05, 3.63) is 54.2 Å². The average molecular weight is 368 g/mol. The molecule has 1 amide bonds. The van der Waals surface area contributed by atoms with Gasteiger partial charge in [-0.05, 0) is 50.1 Å². The second kappa shape index (κ2) is 9.48. The zero-order valence-electron chi connectivity index (χ0n) is 15.9. The van der Waals surface area contributed by atoms with Crippen molar-refractivity contribution in [3.8, 4) is 0 Å². The Balaban J connectivity index is 1.55. The van der Waals surface area contributed by atoms with Crippen molar-refractivity contribution in [1.82, 2.24) is 9.88 Å². The summed E-state index contributed by atoms with van der Waals surface area (Å²) in [6, 6.07) is 13.8. The monoisotopic (exact) mass is 368 g/mol. The van der Waals surface area contributed by atoms with Gasteiger partial charge in [0.25, 0.3) is 5.91 Å². The standard InChI is InChI=1S/C21H28N4O2/c1-24(18-6-3-2-4-7-18)20-9-8-17(16-23-20)21(26)25-13-10-19(11-14-25)27-15-5-12-22/h2-4,6-9,16,19H,5,10-15,22H2,1H3. The lowest BCUT2D eigenvalue weighted by atomic mass is 10.1. The Labute approximate surface area is 160 Å². The third-order valence-electron chi connectivity index (χ3n) is 4.91. The van der Waals surface area contributed by atoms with Crippen LogP contribution in [0.15, 0.2) is 48.7 Å². The molecule has 1 aliphatic heterocycles. The number of nitrogens with zero attached hydrogens (tertiary/aromatic N) is 3. The molecule has 1 aromatic heterocycles. The maximum atomic E-state index is 12.7. The summed E-state index contributed by atoms with van der Waals surface area (Å²) in [5.74, 6) is 0.849. The molecule has 0 spiro atoms. The lowest BCUT2D eigenvalue weighted by Crippen LogP contribution is -2.41. The number of hydrogen-bond acceptors (Lipinski definition) is 5. The van der Waals surface area contributed by atoms with Gasteiger partial charge in [0, 0.05) is 38.6 Å². The Kier molecular flexibility index (Phi) is 6.79. The van der Waals surface area contributed by atoms with Crippen LogP contribution in [-0.2, 0) is 4.74 Å². The maximum absolute atomic E-state index is 12.7. The first-order valence-corrected chi connectivity index (χ1v) is 9.55. The molecule has 3 rings (SSSR count). The molecular weight excluding hydrogens is 340 g/mol. The van der Waals surface area contributed by atoms with Gasteiger partial charge in [-0.15, -0.1) is 0 Å². The number of likely N-dealkylation sites (tertiary alicyclic amines) is 1. The van der Waals surface area contributed by atoms with Crippen LogP contribution in [0.5, 0.6) is 0 Å². The zero-order chi connectivity index (χ0) is 19.1. The van der Waals surface area contributed by atoms with E-state index in [2.05, 4.69) is 4.98 Å². The number of ether oxygens (including phenoxy) is 1. The third kappa shape index (κ3) is 5.05. The van der Waals surface area contributed by atoms with E-state index < -0.39 is 0 Å². The van der Waals surface area contributed by atoms with Crippen LogP contribution in [-0.4, -0.2) is 55.2 Å². The van der Waals surface area contributed by atoms with Gasteiger partial charge in [0.1, 0.15) is 5.82 Å². The molecule has 2 heterocycles. The molecule has 2 N–H and O–H groups in total. The summed E-state index contributed by atoms with van der Waals surface area (Å²) in [4.78, 5) is 21.1. The SMILES string of the molecule is CN(c1ccccc1)c1ccc(C(=O)N2CCC(OCCCN)CC2)cn1. The van der Waals surface area contributed by atoms with Crippen LogP contribution >= 0.6 is 0 Å². The lowest BCUT2D eigenvalue weighted by Gasteiger charge is -2.32. The van der Waals surface area contributed by atoms with E-state index in [4.69, 9.17) is 10.5 Å². The predicted molar refractivity (Wildman–Crippen MR) is 107 cm³/mol. The molecule has 144 valence electrons. The molecule has 6 heteroatoms. The molecular formula is C21H28N4O2. The minimum Gasteiger partial charge on any atom is -0.378 e. The third-order valence-corrected chi connectivity index (χ3v) is 4.91. The summed E-state index contributed by atoms with van der Waals surface area (Å²) in [7, 11) is 1.97. The number of nitrogens with two attached hydrogens (primary N) is 1. The number of anilines is 2. The van der Waals surface area contributed by atoms with Crippen molar-refractivity contribution in [1.29, 1.82) is 0 Å². The fourth-order valence-electron chi connectivity index (χ4n) is 3.24. The minimum absolute atomic E-state index is 0.0387. The van der Waals surface area contributed by atoms with Crippen molar-refractivity contribution >= 4 is 17.4 Å². The van der Waals surface area contributed by atoms with Gasteiger partial charge >= 0.3 is 0 Å². The van der Waals surface area contributed by atoms with Crippen molar-refractivity contribution in [2.45, 2.75) is 25.4 Å². The van der Waals surface area contributed by atoms with Crippen LogP contribution in [0.1, 0.15) is 29.6 Å².